The number of sulfonamides is 1. The molecule has 0 aliphatic heterocycles. The number of hydrogen-bond acceptors (Lipinski definition) is 4. The van der Waals surface area contributed by atoms with E-state index >= 15 is 0 Å². The molecule has 18 heavy (non-hydrogen) atoms. The molecule has 0 aliphatic rings. The van der Waals surface area contributed by atoms with Crippen LogP contribution in [0.1, 0.15) is 13.8 Å². The normalized spacial score (nSPS) is 11.6. The van der Waals surface area contributed by atoms with Crippen molar-refractivity contribution in [3.63, 3.8) is 0 Å². The van der Waals surface area contributed by atoms with Gasteiger partial charge in [-0.3, -0.25) is 4.72 Å². The minimum atomic E-state index is -3.32. The Kier molecular flexibility index (Phi) is 5.43. The number of benzene rings is 1. The number of nitrogens with one attached hydrogen (secondary N) is 2. The van der Waals surface area contributed by atoms with Crippen molar-refractivity contribution in [2.24, 2.45) is 0 Å². The first-order valence-corrected chi connectivity index (χ1v) is 7.46. The molecule has 0 radical (unpaired) electrons. The fourth-order valence-electron chi connectivity index (χ4n) is 1.40. The second-order valence-corrected chi connectivity index (χ2v) is 6.10. The summed E-state index contributed by atoms with van der Waals surface area (Å²) < 4.78 is 31.1. The second kappa shape index (κ2) is 6.61. The van der Waals surface area contributed by atoms with Gasteiger partial charge >= 0.3 is 0 Å². The highest BCUT2D eigenvalue weighted by atomic mass is 32.2. The molecule has 0 heterocycles. The van der Waals surface area contributed by atoms with Crippen LogP contribution in [0.15, 0.2) is 24.3 Å². The molecule has 0 bridgehead atoms. The maximum absolute atomic E-state index is 11.8. The summed E-state index contributed by atoms with van der Waals surface area (Å²) in [5, 5.41) is 3.07. The van der Waals surface area contributed by atoms with E-state index in [1.165, 1.54) is 0 Å². The molecule has 1 aromatic rings. The molecule has 5 nitrogen and oxygen atoms in total. The average Bonchev–Trinajstić information content (AvgIpc) is 2.27. The van der Waals surface area contributed by atoms with Crippen molar-refractivity contribution in [1.29, 1.82) is 0 Å². The Morgan fingerprint density at radius 2 is 2.06 bits per heavy atom. The van der Waals surface area contributed by atoms with Crippen LogP contribution < -0.4 is 14.8 Å². The third kappa shape index (κ3) is 5.37. The van der Waals surface area contributed by atoms with Crippen molar-refractivity contribution in [3.8, 4) is 5.75 Å². The quantitative estimate of drug-likeness (QED) is 0.788. The summed E-state index contributed by atoms with van der Waals surface area (Å²) in [6.45, 7) is 4.38. The maximum atomic E-state index is 11.8. The molecular formula is C12H20N2O3S. The summed E-state index contributed by atoms with van der Waals surface area (Å²) >= 11 is 0. The van der Waals surface area contributed by atoms with Crippen molar-refractivity contribution in [1.82, 2.24) is 5.32 Å². The van der Waals surface area contributed by atoms with Gasteiger partial charge < -0.3 is 10.1 Å². The van der Waals surface area contributed by atoms with Crippen LogP contribution in [0.25, 0.3) is 0 Å². The number of anilines is 1. The molecular weight excluding hydrogens is 252 g/mol. The van der Waals surface area contributed by atoms with E-state index in [0.29, 0.717) is 18.0 Å². The Balaban J connectivity index is 2.59. The van der Waals surface area contributed by atoms with Gasteiger partial charge in [0.25, 0.3) is 0 Å². The van der Waals surface area contributed by atoms with Crippen LogP contribution in [0.2, 0.25) is 0 Å². The molecule has 0 saturated carbocycles. The first-order valence-electron chi connectivity index (χ1n) is 5.81. The lowest BCUT2D eigenvalue weighted by atomic mass is 10.3. The van der Waals surface area contributed by atoms with Gasteiger partial charge in [0.15, 0.2) is 0 Å². The van der Waals surface area contributed by atoms with Crippen LogP contribution in [0.4, 0.5) is 5.69 Å². The van der Waals surface area contributed by atoms with E-state index in [1.54, 1.807) is 31.4 Å². The van der Waals surface area contributed by atoms with Gasteiger partial charge in [-0.2, -0.15) is 0 Å². The monoisotopic (exact) mass is 272 g/mol. The van der Waals surface area contributed by atoms with Gasteiger partial charge in [-0.25, -0.2) is 8.42 Å². The Hall–Kier alpha value is -1.27. The van der Waals surface area contributed by atoms with Crippen molar-refractivity contribution >= 4 is 15.7 Å². The lowest BCUT2D eigenvalue weighted by Gasteiger charge is -2.11. The Morgan fingerprint density at radius 1 is 1.33 bits per heavy atom. The van der Waals surface area contributed by atoms with E-state index in [1.807, 2.05) is 13.8 Å². The van der Waals surface area contributed by atoms with E-state index < -0.39 is 10.0 Å². The van der Waals surface area contributed by atoms with Gasteiger partial charge in [0.1, 0.15) is 5.75 Å². The Bertz CT molecular complexity index is 472. The third-order valence-corrected chi connectivity index (χ3v) is 3.55. The van der Waals surface area contributed by atoms with E-state index in [2.05, 4.69) is 10.0 Å². The minimum Gasteiger partial charge on any atom is -0.497 e. The summed E-state index contributed by atoms with van der Waals surface area (Å²) in [6.07, 6.45) is 0. The fraction of sp³-hybridized carbons (Fsp3) is 0.500. The maximum Gasteiger partial charge on any atom is 0.233 e. The van der Waals surface area contributed by atoms with E-state index in [-0.39, 0.29) is 11.8 Å². The zero-order valence-electron chi connectivity index (χ0n) is 10.9. The number of methoxy groups -OCH3 is 1. The zero-order chi connectivity index (χ0) is 13.6. The summed E-state index contributed by atoms with van der Waals surface area (Å²) in [4.78, 5) is 0. The zero-order valence-corrected chi connectivity index (χ0v) is 11.8. The first-order chi connectivity index (χ1) is 8.43. The molecule has 1 rings (SSSR count). The van der Waals surface area contributed by atoms with Crippen LogP contribution in [0, 0.1) is 0 Å². The molecule has 1 aromatic carbocycles. The molecule has 0 spiro atoms. The van der Waals surface area contributed by atoms with Gasteiger partial charge in [0.05, 0.1) is 18.6 Å². The predicted octanol–water partition coefficient (Wildman–Crippen LogP) is 1.43. The van der Waals surface area contributed by atoms with Gasteiger partial charge in [0, 0.05) is 18.7 Å². The van der Waals surface area contributed by atoms with Crippen molar-refractivity contribution in [2.75, 3.05) is 24.1 Å². The van der Waals surface area contributed by atoms with Crippen LogP contribution in [-0.2, 0) is 10.0 Å². The second-order valence-electron chi connectivity index (χ2n) is 4.26. The van der Waals surface area contributed by atoms with Crippen molar-refractivity contribution in [2.45, 2.75) is 19.9 Å². The number of hydrogen-bond donors (Lipinski definition) is 2. The Morgan fingerprint density at radius 3 is 2.67 bits per heavy atom. The van der Waals surface area contributed by atoms with Gasteiger partial charge in [-0.1, -0.05) is 19.9 Å². The summed E-state index contributed by atoms with van der Waals surface area (Å²) in [6, 6.07) is 7.11. The third-order valence-electron chi connectivity index (χ3n) is 2.27. The molecule has 0 aromatic heterocycles. The van der Waals surface area contributed by atoms with Crippen LogP contribution in [0.5, 0.6) is 5.75 Å². The average molecular weight is 272 g/mol. The molecule has 0 fully saturated rings. The van der Waals surface area contributed by atoms with Crippen molar-refractivity contribution < 1.29 is 13.2 Å². The molecule has 0 saturated heterocycles. The van der Waals surface area contributed by atoms with Gasteiger partial charge in [-0.05, 0) is 12.1 Å². The fourth-order valence-corrected chi connectivity index (χ4v) is 2.37. The SMILES string of the molecule is COc1cccc(NS(=O)(=O)CCNC(C)C)c1. The molecule has 102 valence electrons. The lowest BCUT2D eigenvalue weighted by Crippen LogP contribution is -2.30. The molecule has 6 heteroatoms. The predicted molar refractivity (Wildman–Crippen MR) is 73.5 cm³/mol. The van der Waals surface area contributed by atoms with E-state index in [4.69, 9.17) is 4.74 Å². The van der Waals surface area contributed by atoms with Gasteiger partial charge in [-0.15, -0.1) is 0 Å². The summed E-state index contributed by atoms with van der Waals surface area (Å²) in [7, 11) is -1.78. The highest BCUT2D eigenvalue weighted by molar-refractivity contribution is 7.92. The number of rotatable bonds is 7. The minimum absolute atomic E-state index is 0.0440. The lowest BCUT2D eigenvalue weighted by molar-refractivity contribution is 0.415. The highest BCUT2D eigenvalue weighted by Gasteiger charge is 2.10. The number of ether oxygens (including phenoxy) is 1. The topological polar surface area (TPSA) is 67.4 Å². The van der Waals surface area contributed by atoms with Gasteiger partial charge in [0.2, 0.25) is 10.0 Å². The standard InChI is InChI=1S/C12H20N2O3S/c1-10(2)13-7-8-18(15,16)14-11-5-4-6-12(9-11)17-3/h4-6,9-10,13-14H,7-8H2,1-3H3. The summed E-state index contributed by atoms with van der Waals surface area (Å²) in [5.74, 6) is 0.665. The molecule has 0 unspecified atom stereocenters. The molecule has 0 atom stereocenters. The largest absolute Gasteiger partial charge is 0.497 e. The van der Waals surface area contributed by atoms with Crippen LogP contribution in [0.3, 0.4) is 0 Å². The Labute approximate surface area is 109 Å². The first kappa shape index (κ1) is 14.8. The van der Waals surface area contributed by atoms with E-state index in [9.17, 15) is 8.42 Å². The molecule has 0 aliphatic carbocycles. The summed E-state index contributed by atoms with van der Waals surface area (Å²) in [5.41, 5.74) is 0.513. The van der Waals surface area contributed by atoms with Crippen LogP contribution in [-0.4, -0.2) is 33.9 Å². The highest BCUT2D eigenvalue weighted by Crippen LogP contribution is 2.17. The smallest absolute Gasteiger partial charge is 0.233 e. The van der Waals surface area contributed by atoms with E-state index in [0.717, 1.165) is 0 Å². The molecule has 0 amide bonds. The van der Waals surface area contributed by atoms with Crippen molar-refractivity contribution in [3.05, 3.63) is 24.3 Å². The molecule has 2 N–H and O–H groups in total. The van der Waals surface area contributed by atoms with Crippen LogP contribution >= 0.6 is 0 Å².